The van der Waals surface area contributed by atoms with E-state index in [9.17, 15) is 5.26 Å². The Labute approximate surface area is 110 Å². The van der Waals surface area contributed by atoms with Gasteiger partial charge in [0.05, 0.1) is 11.5 Å². The Morgan fingerprint density at radius 2 is 2.06 bits per heavy atom. The molecule has 2 aromatic rings. The van der Waals surface area contributed by atoms with Crippen molar-refractivity contribution < 1.29 is 0 Å². The summed E-state index contributed by atoms with van der Waals surface area (Å²) >= 11 is 3.46. The molecule has 0 fully saturated rings. The number of nitrogens with zero attached hydrogens (tertiary/aromatic N) is 1. The molecule has 1 aromatic carbocycles. The van der Waals surface area contributed by atoms with E-state index in [4.69, 9.17) is 0 Å². The summed E-state index contributed by atoms with van der Waals surface area (Å²) in [6.07, 6.45) is 3.65. The highest BCUT2D eigenvalue weighted by Gasteiger charge is 2.30. The molecule has 0 amide bonds. The van der Waals surface area contributed by atoms with Crippen LogP contribution < -0.4 is 0 Å². The molecule has 0 atom stereocenters. The van der Waals surface area contributed by atoms with Crippen molar-refractivity contribution in [1.29, 1.82) is 5.26 Å². The average molecular weight is 291 g/mol. The molecule has 0 bridgehead atoms. The first-order chi connectivity index (χ1) is 8.16. The van der Waals surface area contributed by atoms with Crippen LogP contribution >= 0.6 is 15.9 Å². The average Bonchev–Trinajstić information content (AvgIpc) is 2.76. The van der Waals surface area contributed by atoms with E-state index >= 15 is 0 Å². The Bertz CT molecular complexity index is 573. The van der Waals surface area contributed by atoms with Gasteiger partial charge in [0, 0.05) is 21.6 Å². The minimum absolute atomic E-state index is 0.369. The molecule has 0 radical (unpaired) electrons. The maximum atomic E-state index is 9.49. The zero-order valence-electron chi connectivity index (χ0n) is 10.0. The van der Waals surface area contributed by atoms with Crippen LogP contribution in [0.1, 0.15) is 32.3 Å². The van der Waals surface area contributed by atoms with E-state index in [1.54, 1.807) is 0 Å². The van der Waals surface area contributed by atoms with Gasteiger partial charge < -0.3 is 4.98 Å². The number of nitrogens with one attached hydrogen (secondary N) is 1. The number of aromatic nitrogens is 1. The van der Waals surface area contributed by atoms with Gasteiger partial charge in [0.2, 0.25) is 0 Å². The molecule has 1 N–H and O–H groups in total. The first-order valence-electron chi connectivity index (χ1n) is 5.85. The lowest BCUT2D eigenvalue weighted by Gasteiger charge is -2.22. The molecule has 88 valence electrons. The summed E-state index contributed by atoms with van der Waals surface area (Å²) in [5, 5.41) is 10.6. The van der Waals surface area contributed by atoms with Gasteiger partial charge in [-0.05, 0) is 30.5 Å². The molecule has 17 heavy (non-hydrogen) atoms. The highest BCUT2D eigenvalue weighted by molar-refractivity contribution is 9.10. The summed E-state index contributed by atoms with van der Waals surface area (Å²) in [6, 6.07) is 8.63. The minimum atomic E-state index is -0.369. The number of hydrogen-bond acceptors (Lipinski definition) is 1. The predicted molar refractivity (Wildman–Crippen MR) is 73.9 cm³/mol. The molecule has 0 saturated carbocycles. The molecule has 1 aromatic heterocycles. The summed E-state index contributed by atoms with van der Waals surface area (Å²) in [4.78, 5) is 3.26. The number of H-pyrrole nitrogens is 1. The van der Waals surface area contributed by atoms with Gasteiger partial charge >= 0.3 is 0 Å². The van der Waals surface area contributed by atoms with E-state index in [0.29, 0.717) is 0 Å². The highest BCUT2D eigenvalue weighted by Crippen LogP contribution is 2.36. The Morgan fingerprint density at radius 3 is 2.65 bits per heavy atom. The molecule has 0 saturated heterocycles. The van der Waals surface area contributed by atoms with Crippen LogP contribution in [0.25, 0.3) is 10.9 Å². The van der Waals surface area contributed by atoms with Gasteiger partial charge in [0.1, 0.15) is 0 Å². The number of benzene rings is 1. The number of nitriles is 1. The van der Waals surface area contributed by atoms with Crippen LogP contribution in [0.15, 0.2) is 28.9 Å². The van der Waals surface area contributed by atoms with Gasteiger partial charge in [0.25, 0.3) is 0 Å². The molecule has 0 spiro atoms. The third-order valence-electron chi connectivity index (χ3n) is 3.58. The number of fused-ring (bicyclic) bond motifs is 1. The quantitative estimate of drug-likeness (QED) is 0.887. The van der Waals surface area contributed by atoms with Gasteiger partial charge in [-0.1, -0.05) is 35.8 Å². The highest BCUT2D eigenvalue weighted by atomic mass is 79.9. The summed E-state index contributed by atoms with van der Waals surface area (Å²) in [5.74, 6) is 0. The van der Waals surface area contributed by atoms with Crippen molar-refractivity contribution in [3.05, 3.63) is 34.4 Å². The number of rotatable bonds is 3. The zero-order chi connectivity index (χ0) is 12.5. The maximum absolute atomic E-state index is 9.49. The summed E-state index contributed by atoms with van der Waals surface area (Å²) in [5.41, 5.74) is 1.83. The molecule has 0 aliphatic rings. The SMILES string of the molecule is CCC(C#N)(CC)c1c[nH]c2cc(Br)ccc12. The van der Waals surface area contributed by atoms with Crippen molar-refractivity contribution in [2.24, 2.45) is 0 Å². The first-order valence-corrected chi connectivity index (χ1v) is 6.64. The van der Waals surface area contributed by atoms with E-state index < -0.39 is 0 Å². The van der Waals surface area contributed by atoms with Gasteiger partial charge in [-0.15, -0.1) is 0 Å². The molecule has 0 unspecified atom stereocenters. The third kappa shape index (κ3) is 1.87. The molecule has 2 nitrogen and oxygen atoms in total. The fourth-order valence-corrected chi connectivity index (χ4v) is 2.70. The van der Waals surface area contributed by atoms with Crippen molar-refractivity contribution in [3.8, 4) is 6.07 Å². The lowest BCUT2D eigenvalue weighted by molar-refractivity contribution is 0.515. The van der Waals surface area contributed by atoms with E-state index in [0.717, 1.165) is 33.8 Å². The van der Waals surface area contributed by atoms with Crippen LogP contribution in [0.5, 0.6) is 0 Å². The smallest absolute Gasteiger partial charge is 0.0837 e. The second kappa shape index (κ2) is 4.54. The van der Waals surface area contributed by atoms with E-state index in [-0.39, 0.29) is 5.41 Å². The van der Waals surface area contributed by atoms with E-state index in [2.05, 4.69) is 46.9 Å². The number of hydrogen-bond donors (Lipinski definition) is 1. The van der Waals surface area contributed by atoms with Crippen LogP contribution in [-0.4, -0.2) is 4.98 Å². The van der Waals surface area contributed by atoms with Crippen molar-refractivity contribution in [1.82, 2.24) is 4.98 Å². The largest absolute Gasteiger partial charge is 0.361 e. The van der Waals surface area contributed by atoms with E-state index in [1.165, 1.54) is 0 Å². The summed E-state index contributed by atoms with van der Waals surface area (Å²) in [6.45, 7) is 4.15. The van der Waals surface area contributed by atoms with Gasteiger partial charge in [-0.3, -0.25) is 0 Å². The summed E-state index contributed by atoms with van der Waals surface area (Å²) < 4.78 is 1.05. The molecular weight excluding hydrogens is 276 g/mol. The van der Waals surface area contributed by atoms with Gasteiger partial charge in [-0.25, -0.2) is 0 Å². The van der Waals surface area contributed by atoms with Crippen LogP contribution in [0.4, 0.5) is 0 Å². The maximum Gasteiger partial charge on any atom is 0.0837 e. The number of halogens is 1. The standard InChI is InChI=1S/C14H15BrN2/c1-3-14(4-2,9-16)12-8-17-13-7-10(15)5-6-11(12)13/h5-8,17H,3-4H2,1-2H3. The Hall–Kier alpha value is -1.27. The van der Waals surface area contributed by atoms with Crippen molar-refractivity contribution in [2.75, 3.05) is 0 Å². The lowest BCUT2D eigenvalue weighted by Crippen LogP contribution is -2.21. The van der Waals surface area contributed by atoms with Crippen LogP contribution in [-0.2, 0) is 5.41 Å². The van der Waals surface area contributed by atoms with Crippen LogP contribution in [0.3, 0.4) is 0 Å². The van der Waals surface area contributed by atoms with Crippen molar-refractivity contribution >= 4 is 26.8 Å². The van der Waals surface area contributed by atoms with Gasteiger partial charge in [-0.2, -0.15) is 5.26 Å². The minimum Gasteiger partial charge on any atom is -0.361 e. The molecule has 2 rings (SSSR count). The predicted octanol–water partition coefficient (Wildman–Crippen LogP) is 4.51. The second-order valence-electron chi connectivity index (χ2n) is 4.29. The molecule has 0 aliphatic heterocycles. The second-order valence-corrected chi connectivity index (χ2v) is 5.21. The van der Waals surface area contributed by atoms with Crippen molar-refractivity contribution in [3.63, 3.8) is 0 Å². The third-order valence-corrected chi connectivity index (χ3v) is 4.07. The summed E-state index contributed by atoms with van der Waals surface area (Å²) in [7, 11) is 0. The topological polar surface area (TPSA) is 39.6 Å². The normalized spacial score (nSPS) is 11.6. The van der Waals surface area contributed by atoms with E-state index in [1.807, 2.05) is 18.3 Å². The first kappa shape index (κ1) is 12.2. The Morgan fingerprint density at radius 1 is 1.35 bits per heavy atom. The van der Waals surface area contributed by atoms with Crippen LogP contribution in [0, 0.1) is 11.3 Å². The van der Waals surface area contributed by atoms with Gasteiger partial charge in [0.15, 0.2) is 0 Å². The number of aromatic amines is 1. The fraction of sp³-hybridized carbons (Fsp3) is 0.357. The molecular formula is C14H15BrN2. The molecule has 1 heterocycles. The molecule has 0 aliphatic carbocycles. The monoisotopic (exact) mass is 290 g/mol. The van der Waals surface area contributed by atoms with Crippen molar-refractivity contribution in [2.45, 2.75) is 32.1 Å². The Kier molecular flexibility index (Phi) is 3.26. The van der Waals surface area contributed by atoms with Crippen LogP contribution in [0.2, 0.25) is 0 Å². The fourth-order valence-electron chi connectivity index (χ4n) is 2.34. The molecule has 3 heteroatoms. The lowest BCUT2D eigenvalue weighted by atomic mass is 9.77. The zero-order valence-corrected chi connectivity index (χ0v) is 11.6. The Balaban J connectivity index is 2.67.